The molecule has 1 aliphatic carbocycles. The molecule has 0 bridgehead atoms. The molecule has 1 N–H and O–H groups in total. The molecule has 2 aliphatic heterocycles. The van der Waals surface area contributed by atoms with Gasteiger partial charge < -0.3 is 28.7 Å². The quantitative estimate of drug-likeness (QED) is 0.558. The molecule has 1 atom stereocenters. The van der Waals surface area contributed by atoms with Crippen LogP contribution in [0.2, 0.25) is 0 Å². The molecule has 0 radical (unpaired) electrons. The number of rotatable bonds is 4. The minimum Gasteiger partial charge on any atom is -0.460 e. The second-order valence-corrected chi connectivity index (χ2v) is 10.2. The summed E-state index contributed by atoms with van der Waals surface area (Å²) >= 11 is 0. The average Bonchev–Trinajstić information content (AvgIpc) is 3.46. The van der Waals surface area contributed by atoms with Gasteiger partial charge in [-0.2, -0.15) is 0 Å². The van der Waals surface area contributed by atoms with Crippen LogP contribution in [-0.4, -0.2) is 39.7 Å². The molecule has 1 saturated carbocycles. The number of nitrogens with one attached hydrogen (secondary N) is 1. The lowest BCUT2D eigenvalue weighted by atomic mass is 9.93. The monoisotopic (exact) mass is 477 g/mol. The van der Waals surface area contributed by atoms with E-state index in [4.69, 9.17) is 13.9 Å². The molecule has 0 saturated heterocycles. The summed E-state index contributed by atoms with van der Waals surface area (Å²) < 4.78 is 18.7. The summed E-state index contributed by atoms with van der Waals surface area (Å²) in [4.78, 5) is 29.5. The molecular weight excluding hydrogens is 446 g/mol. The maximum Gasteiger partial charge on any atom is 0.271 e. The van der Waals surface area contributed by atoms with E-state index in [0.717, 1.165) is 42.5 Å². The molecule has 8 nitrogen and oxygen atoms in total. The summed E-state index contributed by atoms with van der Waals surface area (Å²) in [5, 5.41) is 3.31. The number of aromatic nitrogens is 1. The number of hydrogen-bond donors (Lipinski definition) is 1. The van der Waals surface area contributed by atoms with E-state index in [1.54, 1.807) is 11.0 Å². The Kier molecular flexibility index (Phi) is 5.27. The summed E-state index contributed by atoms with van der Waals surface area (Å²) in [7, 11) is 0. The third-order valence-electron chi connectivity index (χ3n) is 7.70. The number of carbonyl (C=O) groups excluding carboxylic acids is 2. The maximum absolute atomic E-state index is 13.9. The van der Waals surface area contributed by atoms with Gasteiger partial charge in [-0.3, -0.25) is 9.59 Å². The Morgan fingerprint density at radius 1 is 1.09 bits per heavy atom. The van der Waals surface area contributed by atoms with E-state index in [0.29, 0.717) is 29.3 Å². The van der Waals surface area contributed by atoms with Crippen LogP contribution in [-0.2, 0) is 17.9 Å². The number of ether oxygens (including phenoxy) is 2. The number of hydrogen-bond acceptors (Lipinski definition) is 5. The van der Waals surface area contributed by atoms with Crippen molar-refractivity contribution in [1.82, 2.24) is 14.8 Å². The van der Waals surface area contributed by atoms with Crippen molar-refractivity contribution in [3.63, 3.8) is 0 Å². The first kappa shape index (κ1) is 22.1. The number of benzene rings is 1. The average molecular weight is 478 g/mol. The molecular formula is C27H31N3O5. The van der Waals surface area contributed by atoms with Crippen LogP contribution < -0.4 is 14.8 Å². The van der Waals surface area contributed by atoms with Gasteiger partial charge in [0.1, 0.15) is 17.0 Å². The van der Waals surface area contributed by atoms with E-state index in [9.17, 15) is 9.59 Å². The molecule has 1 fully saturated rings. The lowest BCUT2D eigenvalue weighted by molar-refractivity contribution is -0.134. The first-order valence-corrected chi connectivity index (χ1v) is 12.5. The van der Waals surface area contributed by atoms with Gasteiger partial charge in [0.15, 0.2) is 17.1 Å². The first-order valence-electron chi connectivity index (χ1n) is 12.5. The smallest absolute Gasteiger partial charge is 0.271 e. The molecule has 35 heavy (non-hydrogen) atoms. The van der Waals surface area contributed by atoms with Crippen molar-refractivity contribution in [2.45, 2.75) is 77.0 Å². The van der Waals surface area contributed by atoms with E-state index in [1.165, 1.54) is 12.8 Å². The second kappa shape index (κ2) is 8.36. The Bertz CT molecular complexity index is 1300. The largest absolute Gasteiger partial charge is 0.460 e. The molecule has 0 spiro atoms. The van der Waals surface area contributed by atoms with Crippen LogP contribution in [0, 0.1) is 6.92 Å². The second-order valence-electron chi connectivity index (χ2n) is 10.2. The van der Waals surface area contributed by atoms with Gasteiger partial charge in [-0.25, -0.2) is 0 Å². The SMILES string of the molecule is Cc1cc2c(cc3n2CC(C)(C(=O)NC2CCCCCC2)N(Cc2ccc4c(c2)OCO4)C3=O)o1. The maximum atomic E-state index is 13.9. The zero-order valence-electron chi connectivity index (χ0n) is 20.3. The molecule has 184 valence electrons. The van der Waals surface area contributed by atoms with Crippen molar-refractivity contribution in [1.29, 1.82) is 0 Å². The van der Waals surface area contributed by atoms with E-state index >= 15 is 0 Å². The van der Waals surface area contributed by atoms with Gasteiger partial charge >= 0.3 is 0 Å². The van der Waals surface area contributed by atoms with Crippen molar-refractivity contribution in [3.05, 3.63) is 47.3 Å². The van der Waals surface area contributed by atoms with Gasteiger partial charge in [-0.1, -0.05) is 31.7 Å². The number of nitrogens with zero attached hydrogens (tertiary/aromatic N) is 2. The predicted octanol–water partition coefficient (Wildman–Crippen LogP) is 4.53. The van der Waals surface area contributed by atoms with Gasteiger partial charge in [0.25, 0.3) is 5.91 Å². The topological polar surface area (TPSA) is 85.9 Å². The molecule has 3 aliphatic rings. The molecule has 1 unspecified atom stereocenters. The molecule has 2 amide bonds. The van der Waals surface area contributed by atoms with Crippen molar-refractivity contribution < 1.29 is 23.5 Å². The Balaban J connectivity index is 1.37. The first-order chi connectivity index (χ1) is 16.9. The zero-order valence-corrected chi connectivity index (χ0v) is 20.3. The Morgan fingerprint density at radius 2 is 1.86 bits per heavy atom. The zero-order chi connectivity index (χ0) is 24.2. The number of amides is 2. The number of fused-ring (bicyclic) bond motifs is 4. The summed E-state index contributed by atoms with van der Waals surface area (Å²) in [5.41, 5.74) is 1.88. The normalized spacial score (nSPS) is 22.3. The molecule has 6 rings (SSSR count). The van der Waals surface area contributed by atoms with Crippen LogP contribution >= 0.6 is 0 Å². The minimum absolute atomic E-state index is 0.105. The van der Waals surface area contributed by atoms with Crippen LogP contribution in [0.1, 0.15) is 67.3 Å². The molecule has 2 aromatic heterocycles. The van der Waals surface area contributed by atoms with Crippen molar-refractivity contribution in [2.75, 3.05) is 6.79 Å². The van der Waals surface area contributed by atoms with Gasteiger partial charge in [0, 0.05) is 24.7 Å². The van der Waals surface area contributed by atoms with Crippen LogP contribution in [0.25, 0.3) is 11.1 Å². The van der Waals surface area contributed by atoms with Crippen molar-refractivity contribution >= 4 is 22.9 Å². The fourth-order valence-electron chi connectivity index (χ4n) is 5.70. The molecule has 8 heteroatoms. The van der Waals surface area contributed by atoms with Gasteiger partial charge in [-0.05, 0) is 44.4 Å². The fourth-order valence-corrected chi connectivity index (χ4v) is 5.70. The van der Waals surface area contributed by atoms with Gasteiger partial charge in [0.2, 0.25) is 12.7 Å². The van der Waals surface area contributed by atoms with E-state index in [2.05, 4.69) is 5.32 Å². The van der Waals surface area contributed by atoms with Gasteiger partial charge in [-0.15, -0.1) is 0 Å². The highest BCUT2D eigenvalue weighted by molar-refractivity contribution is 6.03. The van der Waals surface area contributed by atoms with Crippen LogP contribution in [0.4, 0.5) is 0 Å². The van der Waals surface area contributed by atoms with Crippen molar-refractivity contribution in [2.24, 2.45) is 0 Å². The standard InChI is InChI=1S/C27H31N3O5/c1-17-11-20-23(35-17)13-21-25(31)30(14-18-9-10-22-24(12-18)34-16-33-22)27(2,15-29(20)21)26(32)28-19-7-5-3-4-6-8-19/h9-13,19H,3-8,14-16H2,1-2H3,(H,28,32). The number of carbonyl (C=O) groups is 2. The third-order valence-corrected chi connectivity index (χ3v) is 7.70. The summed E-state index contributed by atoms with van der Waals surface area (Å²) in [6.07, 6.45) is 6.64. The molecule has 4 heterocycles. The van der Waals surface area contributed by atoms with Crippen molar-refractivity contribution in [3.8, 4) is 11.5 Å². The number of aryl methyl sites for hydroxylation is 1. The lowest BCUT2D eigenvalue weighted by Crippen LogP contribution is -2.64. The highest BCUT2D eigenvalue weighted by atomic mass is 16.7. The Morgan fingerprint density at radius 3 is 2.66 bits per heavy atom. The highest BCUT2D eigenvalue weighted by Crippen LogP contribution is 2.37. The van der Waals surface area contributed by atoms with Crippen LogP contribution in [0.5, 0.6) is 11.5 Å². The van der Waals surface area contributed by atoms with E-state index in [1.807, 2.05) is 42.7 Å². The van der Waals surface area contributed by atoms with Gasteiger partial charge in [0.05, 0.1) is 12.1 Å². The summed E-state index contributed by atoms with van der Waals surface area (Å²) in [6.45, 7) is 4.61. The third kappa shape index (κ3) is 3.75. The minimum atomic E-state index is -1.07. The highest BCUT2D eigenvalue weighted by Gasteiger charge is 2.48. The molecule has 3 aromatic rings. The Labute approximate surface area is 204 Å². The lowest BCUT2D eigenvalue weighted by Gasteiger charge is -2.44. The van der Waals surface area contributed by atoms with Crippen LogP contribution in [0.3, 0.4) is 0 Å². The van der Waals surface area contributed by atoms with Crippen LogP contribution in [0.15, 0.2) is 34.7 Å². The van der Waals surface area contributed by atoms with E-state index < -0.39 is 5.54 Å². The number of furan rings is 1. The van der Waals surface area contributed by atoms with E-state index in [-0.39, 0.29) is 31.2 Å². The summed E-state index contributed by atoms with van der Waals surface area (Å²) in [6, 6.07) is 9.54. The predicted molar refractivity (Wildman–Crippen MR) is 129 cm³/mol. The Hall–Kier alpha value is -3.42. The fraction of sp³-hybridized carbons (Fsp3) is 0.481. The summed E-state index contributed by atoms with van der Waals surface area (Å²) in [5.74, 6) is 1.85. The molecule has 1 aromatic carbocycles.